The standard InChI is InChI=1S/C17H19N/c1-14(12-13-15-8-4-2-5-9-15)17(18)16-10-6-3-7-11-16/h2-12,17H,13,18H2,1H3/b14-12+. The van der Waals surface area contributed by atoms with Gasteiger partial charge in [-0.1, -0.05) is 72.3 Å². The third-order valence-corrected chi connectivity index (χ3v) is 3.15. The molecule has 0 radical (unpaired) electrons. The molecule has 0 bridgehead atoms. The number of nitrogens with two attached hydrogens (primary N) is 1. The van der Waals surface area contributed by atoms with Crippen LogP contribution >= 0.6 is 0 Å². The van der Waals surface area contributed by atoms with E-state index in [0.29, 0.717) is 0 Å². The molecule has 2 aromatic carbocycles. The number of benzene rings is 2. The number of hydrogen-bond acceptors (Lipinski definition) is 1. The molecule has 92 valence electrons. The zero-order chi connectivity index (χ0) is 12.8. The Morgan fingerprint density at radius 1 is 1.00 bits per heavy atom. The van der Waals surface area contributed by atoms with Gasteiger partial charge in [-0.05, 0) is 24.5 Å². The molecule has 2 rings (SSSR count). The van der Waals surface area contributed by atoms with E-state index in [0.717, 1.165) is 6.42 Å². The molecule has 1 heteroatoms. The predicted molar refractivity (Wildman–Crippen MR) is 77.3 cm³/mol. The van der Waals surface area contributed by atoms with Crippen LogP contribution in [0, 0.1) is 0 Å². The highest BCUT2D eigenvalue weighted by atomic mass is 14.6. The van der Waals surface area contributed by atoms with Gasteiger partial charge in [0.2, 0.25) is 0 Å². The van der Waals surface area contributed by atoms with E-state index in [1.807, 2.05) is 24.3 Å². The molecule has 18 heavy (non-hydrogen) atoms. The van der Waals surface area contributed by atoms with Crippen molar-refractivity contribution in [3.05, 3.63) is 83.4 Å². The largest absolute Gasteiger partial charge is 0.321 e. The molecule has 1 atom stereocenters. The molecule has 0 aliphatic rings. The summed E-state index contributed by atoms with van der Waals surface area (Å²) >= 11 is 0. The molecule has 0 aliphatic carbocycles. The van der Waals surface area contributed by atoms with Crippen LogP contribution in [0.1, 0.15) is 24.1 Å². The fraction of sp³-hybridized carbons (Fsp3) is 0.176. The number of allylic oxidation sites excluding steroid dienone is 1. The van der Waals surface area contributed by atoms with Crippen molar-refractivity contribution < 1.29 is 0 Å². The lowest BCUT2D eigenvalue weighted by molar-refractivity contribution is 0.839. The Labute approximate surface area is 109 Å². The summed E-state index contributed by atoms with van der Waals surface area (Å²) in [4.78, 5) is 0. The van der Waals surface area contributed by atoms with Gasteiger partial charge < -0.3 is 5.73 Å². The number of hydrogen-bond donors (Lipinski definition) is 1. The molecule has 0 aliphatic heterocycles. The summed E-state index contributed by atoms with van der Waals surface area (Å²) in [5, 5.41) is 0. The fourth-order valence-electron chi connectivity index (χ4n) is 1.94. The first-order valence-electron chi connectivity index (χ1n) is 6.28. The van der Waals surface area contributed by atoms with Gasteiger partial charge in [0.15, 0.2) is 0 Å². The molecule has 0 aromatic heterocycles. The molecule has 0 fully saturated rings. The Balaban J connectivity index is 2.05. The maximum atomic E-state index is 6.23. The highest BCUT2D eigenvalue weighted by Gasteiger charge is 2.06. The molecule has 2 aromatic rings. The molecule has 2 N–H and O–H groups in total. The third kappa shape index (κ3) is 3.31. The monoisotopic (exact) mass is 237 g/mol. The van der Waals surface area contributed by atoms with Gasteiger partial charge in [-0.25, -0.2) is 0 Å². The van der Waals surface area contributed by atoms with Crippen LogP contribution in [0.2, 0.25) is 0 Å². The molecule has 1 nitrogen and oxygen atoms in total. The molecule has 0 heterocycles. The van der Waals surface area contributed by atoms with Gasteiger partial charge in [-0.15, -0.1) is 0 Å². The third-order valence-electron chi connectivity index (χ3n) is 3.15. The molecule has 1 unspecified atom stereocenters. The Kier molecular flexibility index (Phi) is 4.32. The Morgan fingerprint density at radius 3 is 2.17 bits per heavy atom. The number of rotatable bonds is 4. The normalized spacial score (nSPS) is 13.3. The Bertz CT molecular complexity index is 500. The predicted octanol–water partition coefficient (Wildman–Crippen LogP) is 3.88. The van der Waals surface area contributed by atoms with E-state index < -0.39 is 0 Å². The van der Waals surface area contributed by atoms with Gasteiger partial charge in [0.05, 0.1) is 6.04 Å². The molecule has 0 saturated heterocycles. The van der Waals surface area contributed by atoms with Crippen molar-refractivity contribution in [2.24, 2.45) is 5.73 Å². The highest BCUT2D eigenvalue weighted by molar-refractivity contribution is 5.28. The Morgan fingerprint density at radius 2 is 1.56 bits per heavy atom. The average Bonchev–Trinajstić information content (AvgIpc) is 2.46. The first kappa shape index (κ1) is 12.6. The Hall–Kier alpha value is -1.86. The van der Waals surface area contributed by atoms with Crippen molar-refractivity contribution in [3.8, 4) is 0 Å². The maximum absolute atomic E-state index is 6.23. The minimum absolute atomic E-state index is 0.00471. The zero-order valence-corrected chi connectivity index (χ0v) is 10.7. The fourth-order valence-corrected chi connectivity index (χ4v) is 1.94. The summed E-state index contributed by atoms with van der Waals surface area (Å²) in [5.41, 5.74) is 9.93. The summed E-state index contributed by atoms with van der Waals surface area (Å²) in [6.07, 6.45) is 3.15. The van der Waals surface area contributed by atoms with E-state index in [-0.39, 0.29) is 6.04 Å². The highest BCUT2D eigenvalue weighted by Crippen LogP contribution is 2.18. The summed E-state index contributed by atoms with van der Waals surface area (Å²) in [6.45, 7) is 2.10. The second-order valence-electron chi connectivity index (χ2n) is 4.53. The molecule has 0 saturated carbocycles. The van der Waals surface area contributed by atoms with Crippen LogP contribution in [0.15, 0.2) is 72.3 Å². The van der Waals surface area contributed by atoms with Crippen LogP contribution in [0.3, 0.4) is 0 Å². The van der Waals surface area contributed by atoms with E-state index in [2.05, 4.69) is 49.4 Å². The molecule has 0 amide bonds. The van der Waals surface area contributed by atoms with Crippen LogP contribution < -0.4 is 5.73 Å². The molecule has 0 spiro atoms. The van der Waals surface area contributed by atoms with Gasteiger partial charge in [-0.3, -0.25) is 0 Å². The smallest absolute Gasteiger partial charge is 0.0508 e. The summed E-state index contributed by atoms with van der Waals surface area (Å²) in [5.74, 6) is 0. The molecular weight excluding hydrogens is 218 g/mol. The van der Waals surface area contributed by atoms with Crippen molar-refractivity contribution in [1.29, 1.82) is 0 Å². The van der Waals surface area contributed by atoms with Crippen LogP contribution in [0.25, 0.3) is 0 Å². The van der Waals surface area contributed by atoms with Gasteiger partial charge in [0, 0.05) is 0 Å². The topological polar surface area (TPSA) is 26.0 Å². The van der Waals surface area contributed by atoms with Crippen molar-refractivity contribution in [1.82, 2.24) is 0 Å². The lowest BCUT2D eigenvalue weighted by atomic mass is 9.99. The van der Waals surface area contributed by atoms with E-state index >= 15 is 0 Å². The quantitative estimate of drug-likeness (QED) is 0.802. The van der Waals surface area contributed by atoms with Gasteiger partial charge >= 0.3 is 0 Å². The zero-order valence-electron chi connectivity index (χ0n) is 10.7. The van der Waals surface area contributed by atoms with Crippen molar-refractivity contribution in [2.45, 2.75) is 19.4 Å². The van der Waals surface area contributed by atoms with E-state index in [1.165, 1.54) is 16.7 Å². The molecular formula is C17H19N. The van der Waals surface area contributed by atoms with Crippen LogP contribution in [0.5, 0.6) is 0 Å². The van der Waals surface area contributed by atoms with E-state index in [4.69, 9.17) is 5.73 Å². The van der Waals surface area contributed by atoms with Gasteiger partial charge in [-0.2, -0.15) is 0 Å². The second-order valence-corrected chi connectivity index (χ2v) is 4.53. The lowest BCUT2D eigenvalue weighted by Gasteiger charge is -2.12. The van der Waals surface area contributed by atoms with Crippen LogP contribution in [0.4, 0.5) is 0 Å². The van der Waals surface area contributed by atoms with Crippen molar-refractivity contribution in [2.75, 3.05) is 0 Å². The summed E-state index contributed by atoms with van der Waals surface area (Å²) in [7, 11) is 0. The average molecular weight is 237 g/mol. The van der Waals surface area contributed by atoms with E-state index in [1.54, 1.807) is 0 Å². The van der Waals surface area contributed by atoms with Crippen LogP contribution in [-0.4, -0.2) is 0 Å². The minimum Gasteiger partial charge on any atom is -0.321 e. The first-order valence-corrected chi connectivity index (χ1v) is 6.28. The minimum atomic E-state index is -0.00471. The summed E-state index contributed by atoms with van der Waals surface area (Å²) in [6, 6.07) is 20.7. The first-order chi connectivity index (χ1) is 8.77. The van der Waals surface area contributed by atoms with Gasteiger partial charge in [0.25, 0.3) is 0 Å². The summed E-state index contributed by atoms with van der Waals surface area (Å²) < 4.78 is 0. The second kappa shape index (κ2) is 6.18. The van der Waals surface area contributed by atoms with Crippen molar-refractivity contribution >= 4 is 0 Å². The maximum Gasteiger partial charge on any atom is 0.0508 e. The van der Waals surface area contributed by atoms with Gasteiger partial charge in [0.1, 0.15) is 0 Å². The lowest BCUT2D eigenvalue weighted by Crippen LogP contribution is -2.11. The van der Waals surface area contributed by atoms with E-state index in [9.17, 15) is 0 Å². The van der Waals surface area contributed by atoms with Crippen LogP contribution in [-0.2, 0) is 6.42 Å². The SMILES string of the molecule is C/C(=C\Cc1ccccc1)C(N)c1ccccc1. The van der Waals surface area contributed by atoms with Crippen molar-refractivity contribution in [3.63, 3.8) is 0 Å².